The second-order valence-electron chi connectivity index (χ2n) is 7.35. The van der Waals surface area contributed by atoms with E-state index in [1.165, 1.54) is 12.8 Å². The molecule has 1 atom stereocenters. The Morgan fingerprint density at radius 1 is 1.23 bits per heavy atom. The normalized spacial score (nSPS) is 26.6. The summed E-state index contributed by atoms with van der Waals surface area (Å²) in [6.45, 7) is 4.99. The highest BCUT2D eigenvalue weighted by Crippen LogP contribution is 2.36. The molecule has 3 aliphatic rings. The smallest absolute Gasteiger partial charge is 0.222 e. The van der Waals surface area contributed by atoms with Gasteiger partial charge in [-0.15, -0.1) is 0 Å². The van der Waals surface area contributed by atoms with E-state index in [2.05, 4.69) is 5.32 Å². The number of hydrogen-bond acceptors (Lipinski definition) is 3. The summed E-state index contributed by atoms with van der Waals surface area (Å²) in [5.74, 6) is 1.52. The molecule has 3 rings (SSSR count). The van der Waals surface area contributed by atoms with Gasteiger partial charge in [-0.1, -0.05) is 6.92 Å². The molecule has 1 N–H and O–H groups in total. The zero-order chi connectivity index (χ0) is 15.6. The lowest BCUT2D eigenvalue weighted by atomic mass is 9.82. The predicted molar refractivity (Wildman–Crippen MR) is 83.2 cm³/mol. The van der Waals surface area contributed by atoms with Gasteiger partial charge < -0.3 is 15.0 Å². The van der Waals surface area contributed by atoms with Crippen LogP contribution in [-0.2, 0) is 14.3 Å². The van der Waals surface area contributed by atoms with Crippen molar-refractivity contribution < 1.29 is 14.3 Å². The lowest BCUT2D eigenvalue weighted by Gasteiger charge is -2.52. The number of amides is 2. The summed E-state index contributed by atoms with van der Waals surface area (Å²) in [6.07, 6.45) is 6.78. The van der Waals surface area contributed by atoms with Crippen LogP contribution >= 0.6 is 0 Å². The van der Waals surface area contributed by atoms with Crippen molar-refractivity contribution in [1.29, 1.82) is 0 Å². The maximum absolute atomic E-state index is 11.8. The number of carbonyl (C=O) groups excluding carboxylic acids is 2. The molecule has 0 aromatic heterocycles. The van der Waals surface area contributed by atoms with E-state index in [1.54, 1.807) is 0 Å². The average Bonchev–Trinajstić information content (AvgIpc) is 3.27. The highest BCUT2D eigenvalue weighted by atomic mass is 16.5. The van der Waals surface area contributed by atoms with Crippen molar-refractivity contribution in [3.05, 3.63) is 0 Å². The van der Waals surface area contributed by atoms with Gasteiger partial charge in [0.2, 0.25) is 11.8 Å². The molecule has 124 valence electrons. The third-order valence-electron chi connectivity index (χ3n) is 5.17. The summed E-state index contributed by atoms with van der Waals surface area (Å²) in [6, 6.07) is 0. The van der Waals surface area contributed by atoms with E-state index in [0.29, 0.717) is 31.3 Å². The predicted octanol–water partition coefficient (Wildman–Crippen LogP) is 1.71. The molecule has 2 heterocycles. The number of nitrogens with zero attached hydrogens (tertiary/aromatic N) is 1. The second kappa shape index (κ2) is 6.57. The Bertz CT molecular complexity index is 418. The molecular weight excluding hydrogens is 280 g/mol. The first kappa shape index (κ1) is 15.8. The van der Waals surface area contributed by atoms with Crippen LogP contribution in [0.25, 0.3) is 0 Å². The summed E-state index contributed by atoms with van der Waals surface area (Å²) in [4.78, 5) is 25.4. The minimum atomic E-state index is -0.0854. The summed E-state index contributed by atoms with van der Waals surface area (Å²) in [5, 5.41) is 3.05. The Hall–Kier alpha value is -1.10. The molecule has 0 bridgehead atoms. The number of likely N-dealkylation sites (tertiary alicyclic amines) is 1. The molecule has 1 saturated carbocycles. The molecule has 2 aliphatic heterocycles. The molecule has 5 nitrogen and oxygen atoms in total. The number of hydrogen-bond donors (Lipinski definition) is 1. The Morgan fingerprint density at radius 3 is 2.59 bits per heavy atom. The van der Waals surface area contributed by atoms with Crippen LogP contribution in [0, 0.1) is 11.8 Å². The van der Waals surface area contributed by atoms with E-state index < -0.39 is 0 Å². The van der Waals surface area contributed by atoms with Crippen LogP contribution in [0.15, 0.2) is 0 Å². The average molecular weight is 308 g/mol. The molecule has 22 heavy (non-hydrogen) atoms. The molecule has 3 fully saturated rings. The largest absolute Gasteiger partial charge is 0.371 e. The summed E-state index contributed by atoms with van der Waals surface area (Å²) in [5.41, 5.74) is -0.0854. The van der Waals surface area contributed by atoms with Gasteiger partial charge in [0, 0.05) is 19.4 Å². The van der Waals surface area contributed by atoms with Crippen molar-refractivity contribution in [2.75, 3.05) is 26.2 Å². The van der Waals surface area contributed by atoms with Gasteiger partial charge in [0.05, 0.1) is 19.7 Å². The highest BCUT2D eigenvalue weighted by molar-refractivity contribution is 5.77. The standard InChI is InChI=1S/C17H28N2O3/c1-2-3-16(21)19-11-17(12-19)7-6-14(10-22-17)9-18-15(20)8-13-4-5-13/h13-14H,2-12H2,1H3,(H,18,20)/t14-/m1/s1. The SMILES string of the molecule is CCCC(=O)N1CC2(CC[C@H](CNC(=O)CC3CC3)CO2)C1. The molecule has 2 saturated heterocycles. The van der Waals surface area contributed by atoms with Gasteiger partial charge in [-0.2, -0.15) is 0 Å². The molecule has 5 heteroatoms. The van der Waals surface area contributed by atoms with Gasteiger partial charge in [0.15, 0.2) is 0 Å². The first-order valence-electron chi connectivity index (χ1n) is 8.79. The van der Waals surface area contributed by atoms with Crippen molar-refractivity contribution in [2.24, 2.45) is 11.8 Å². The molecular formula is C17H28N2O3. The Labute approximate surface area is 132 Å². The van der Waals surface area contributed by atoms with Gasteiger partial charge in [-0.05, 0) is 43.9 Å². The van der Waals surface area contributed by atoms with E-state index in [0.717, 1.165) is 38.9 Å². The number of nitrogens with one attached hydrogen (secondary N) is 1. The molecule has 0 aromatic carbocycles. The van der Waals surface area contributed by atoms with Crippen molar-refractivity contribution in [3.8, 4) is 0 Å². The lowest BCUT2D eigenvalue weighted by molar-refractivity contribution is -0.188. The number of ether oxygens (including phenoxy) is 1. The van der Waals surface area contributed by atoms with Gasteiger partial charge >= 0.3 is 0 Å². The van der Waals surface area contributed by atoms with Gasteiger partial charge in [0.1, 0.15) is 5.60 Å². The van der Waals surface area contributed by atoms with E-state index >= 15 is 0 Å². The fraction of sp³-hybridized carbons (Fsp3) is 0.882. The first-order valence-corrected chi connectivity index (χ1v) is 8.79. The minimum Gasteiger partial charge on any atom is -0.371 e. The van der Waals surface area contributed by atoms with Crippen molar-refractivity contribution in [1.82, 2.24) is 10.2 Å². The highest BCUT2D eigenvalue weighted by Gasteiger charge is 2.48. The molecule has 1 spiro atoms. The first-order chi connectivity index (χ1) is 10.6. The fourth-order valence-corrected chi connectivity index (χ4v) is 3.44. The molecule has 1 aliphatic carbocycles. The van der Waals surface area contributed by atoms with E-state index in [4.69, 9.17) is 4.74 Å². The Balaban J connectivity index is 1.33. The quantitative estimate of drug-likeness (QED) is 0.812. The molecule has 0 aromatic rings. The van der Waals surface area contributed by atoms with Gasteiger partial charge in [-0.25, -0.2) is 0 Å². The summed E-state index contributed by atoms with van der Waals surface area (Å²) < 4.78 is 6.05. The fourth-order valence-electron chi connectivity index (χ4n) is 3.44. The summed E-state index contributed by atoms with van der Waals surface area (Å²) in [7, 11) is 0. The zero-order valence-corrected chi connectivity index (χ0v) is 13.6. The van der Waals surface area contributed by atoms with Crippen LogP contribution in [-0.4, -0.2) is 48.6 Å². The van der Waals surface area contributed by atoms with Crippen LogP contribution < -0.4 is 5.32 Å². The molecule has 0 radical (unpaired) electrons. The van der Waals surface area contributed by atoms with Gasteiger partial charge in [-0.3, -0.25) is 9.59 Å². The minimum absolute atomic E-state index is 0.0854. The third-order valence-corrected chi connectivity index (χ3v) is 5.17. The Kier molecular flexibility index (Phi) is 4.71. The van der Waals surface area contributed by atoms with E-state index in [9.17, 15) is 9.59 Å². The van der Waals surface area contributed by atoms with Crippen LogP contribution in [0.5, 0.6) is 0 Å². The number of carbonyl (C=O) groups is 2. The monoisotopic (exact) mass is 308 g/mol. The van der Waals surface area contributed by atoms with Crippen LogP contribution in [0.2, 0.25) is 0 Å². The topological polar surface area (TPSA) is 58.6 Å². The van der Waals surface area contributed by atoms with Crippen molar-refractivity contribution in [2.45, 2.75) is 57.5 Å². The summed E-state index contributed by atoms with van der Waals surface area (Å²) >= 11 is 0. The molecule has 2 amide bonds. The zero-order valence-electron chi connectivity index (χ0n) is 13.6. The van der Waals surface area contributed by atoms with Crippen LogP contribution in [0.1, 0.15) is 51.9 Å². The Morgan fingerprint density at radius 2 is 2.00 bits per heavy atom. The van der Waals surface area contributed by atoms with E-state index in [1.807, 2.05) is 11.8 Å². The van der Waals surface area contributed by atoms with Crippen LogP contribution in [0.3, 0.4) is 0 Å². The lowest BCUT2D eigenvalue weighted by Crippen LogP contribution is -2.66. The van der Waals surface area contributed by atoms with Crippen molar-refractivity contribution in [3.63, 3.8) is 0 Å². The van der Waals surface area contributed by atoms with E-state index in [-0.39, 0.29) is 17.4 Å². The van der Waals surface area contributed by atoms with Gasteiger partial charge in [0.25, 0.3) is 0 Å². The number of rotatable bonds is 6. The van der Waals surface area contributed by atoms with Crippen molar-refractivity contribution >= 4 is 11.8 Å². The van der Waals surface area contributed by atoms with Crippen LogP contribution in [0.4, 0.5) is 0 Å². The maximum Gasteiger partial charge on any atom is 0.222 e. The molecule has 0 unspecified atom stereocenters. The maximum atomic E-state index is 11.8. The third kappa shape index (κ3) is 3.80. The second-order valence-corrected chi connectivity index (χ2v) is 7.35.